The number of rotatable bonds is 10. The van der Waals surface area contributed by atoms with E-state index in [9.17, 15) is 19.5 Å². The van der Waals surface area contributed by atoms with Crippen molar-refractivity contribution in [2.75, 3.05) is 0 Å². The van der Waals surface area contributed by atoms with Gasteiger partial charge in [-0.2, -0.15) is 0 Å². The standard InChI is InChI=1S/C20H30N2O5/c1-5-13(3)16(18(23)21-17(19(24)25)14(4)6-2)22-20(26)27-12-15-10-8-7-9-11-15/h7-11,13-14,16-17H,5-6,12H2,1-4H3,(H,21,23)(H,22,26)(H,24,25)/t13?,14?,16-,17-/m0/s1. The third-order valence-corrected chi connectivity index (χ3v) is 4.76. The number of carbonyl (C=O) groups is 3. The number of hydrogen-bond donors (Lipinski definition) is 3. The average molecular weight is 378 g/mol. The predicted octanol–water partition coefficient (Wildman–Crippen LogP) is 2.94. The molecule has 7 heteroatoms. The van der Waals surface area contributed by atoms with Crippen LogP contribution in [0.2, 0.25) is 0 Å². The van der Waals surface area contributed by atoms with Gasteiger partial charge in [-0.05, 0) is 17.4 Å². The Balaban J connectivity index is 2.74. The molecule has 1 aromatic rings. The molecule has 7 nitrogen and oxygen atoms in total. The van der Waals surface area contributed by atoms with Crippen LogP contribution < -0.4 is 10.6 Å². The van der Waals surface area contributed by atoms with Gasteiger partial charge in [-0.25, -0.2) is 9.59 Å². The molecule has 0 saturated heterocycles. The van der Waals surface area contributed by atoms with Crippen LogP contribution in [0.3, 0.4) is 0 Å². The minimum absolute atomic E-state index is 0.0894. The highest BCUT2D eigenvalue weighted by Crippen LogP contribution is 2.12. The molecule has 1 rings (SSSR count). The first-order chi connectivity index (χ1) is 12.8. The van der Waals surface area contributed by atoms with Crippen LogP contribution in [0.5, 0.6) is 0 Å². The van der Waals surface area contributed by atoms with Crippen LogP contribution in [-0.2, 0) is 20.9 Å². The Morgan fingerprint density at radius 3 is 2.04 bits per heavy atom. The third kappa shape index (κ3) is 7.29. The maximum atomic E-state index is 12.6. The smallest absolute Gasteiger partial charge is 0.408 e. The fourth-order valence-corrected chi connectivity index (χ4v) is 2.52. The topological polar surface area (TPSA) is 105 Å². The van der Waals surface area contributed by atoms with Gasteiger partial charge in [0.25, 0.3) is 0 Å². The number of benzene rings is 1. The second-order valence-electron chi connectivity index (χ2n) is 6.78. The number of carbonyl (C=O) groups excluding carboxylic acids is 2. The number of hydrogen-bond acceptors (Lipinski definition) is 4. The zero-order valence-corrected chi connectivity index (χ0v) is 16.4. The van der Waals surface area contributed by atoms with Crippen molar-refractivity contribution in [3.8, 4) is 0 Å². The molecule has 0 spiro atoms. The second kappa shape index (κ2) is 11.2. The van der Waals surface area contributed by atoms with Crippen LogP contribution in [0.1, 0.15) is 46.1 Å². The van der Waals surface area contributed by atoms with E-state index in [4.69, 9.17) is 4.74 Å². The molecular weight excluding hydrogens is 348 g/mol. The quantitative estimate of drug-likeness (QED) is 0.581. The second-order valence-corrected chi connectivity index (χ2v) is 6.78. The molecule has 4 atom stereocenters. The Labute approximate surface area is 160 Å². The molecule has 0 saturated carbocycles. The molecule has 150 valence electrons. The summed E-state index contributed by atoms with van der Waals surface area (Å²) in [7, 11) is 0. The van der Waals surface area contributed by atoms with Gasteiger partial charge in [0.05, 0.1) is 0 Å². The molecule has 0 fully saturated rings. The Morgan fingerprint density at radius 2 is 1.52 bits per heavy atom. The summed E-state index contributed by atoms with van der Waals surface area (Å²) in [6.45, 7) is 7.43. The lowest BCUT2D eigenvalue weighted by Crippen LogP contribution is -2.55. The number of aliphatic carboxylic acids is 1. The monoisotopic (exact) mass is 378 g/mol. The van der Waals surface area contributed by atoms with Crippen molar-refractivity contribution in [2.24, 2.45) is 11.8 Å². The summed E-state index contributed by atoms with van der Waals surface area (Å²) < 4.78 is 5.18. The van der Waals surface area contributed by atoms with Gasteiger partial charge in [-0.3, -0.25) is 4.79 Å². The SMILES string of the molecule is CCC(C)[C@H](NC(=O)[C@@H](NC(=O)OCc1ccccc1)C(C)CC)C(=O)O. The maximum Gasteiger partial charge on any atom is 0.408 e. The summed E-state index contributed by atoms with van der Waals surface area (Å²) in [4.78, 5) is 36.2. The normalized spacial score (nSPS) is 15.1. The molecule has 27 heavy (non-hydrogen) atoms. The van der Waals surface area contributed by atoms with E-state index < -0.39 is 30.1 Å². The number of amides is 2. The van der Waals surface area contributed by atoms with Crippen LogP contribution in [0.25, 0.3) is 0 Å². The van der Waals surface area contributed by atoms with Crippen molar-refractivity contribution >= 4 is 18.0 Å². The molecule has 0 aliphatic carbocycles. The summed E-state index contributed by atoms with van der Waals surface area (Å²) in [6.07, 6.45) is 0.533. The first kappa shape index (κ1) is 22.5. The van der Waals surface area contributed by atoms with Gasteiger partial charge in [0.15, 0.2) is 0 Å². The lowest BCUT2D eigenvalue weighted by atomic mass is 9.95. The zero-order chi connectivity index (χ0) is 20.4. The van der Waals surface area contributed by atoms with Crippen molar-refractivity contribution in [1.82, 2.24) is 10.6 Å². The Kier molecular flexibility index (Phi) is 9.33. The molecule has 0 aromatic heterocycles. The highest BCUT2D eigenvalue weighted by Gasteiger charge is 2.32. The van der Waals surface area contributed by atoms with E-state index in [0.717, 1.165) is 5.56 Å². The van der Waals surface area contributed by atoms with E-state index >= 15 is 0 Å². The largest absolute Gasteiger partial charge is 0.480 e. The predicted molar refractivity (Wildman–Crippen MR) is 102 cm³/mol. The summed E-state index contributed by atoms with van der Waals surface area (Å²) in [5.74, 6) is -2.02. The van der Waals surface area contributed by atoms with Gasteiger partial charge in [0, 0.05) is 0 Å². The Morgan fingerprint density at radius 1 is 0.963 bits per heavy atom. The average Bonchev–Trinajstić information content (AvgIpc) is 2.67. The molecule has 2 unspecified atom stereocenters. The van der Waals surface area contributed by atoms with E-state index in [1.165, 1.54) is 0 Å². The van der Waals surface area contributed by atoms with Crippen molar-refractivity contribution < 1.29 is 24.2 Å². The van der Waals surface area contributed by atoms with Gasteiger partial charge >= 0.3 is 12.1 Å². The van der Waals surface area contributed by atoms with Crippen molar-refractivity contribution in [2.45, 2.75) is 59.2 Å². The first-order valence-electron chi connectivity index (χ1n) is 9.30. The first-order valence-corrected chi connectivity index (χ1v) is 9.30. The minimum Gasteiger partial charge on any atom is -0.480 e. The van der Waals surface area contributed by atoms with Gasteiger partial charge < -0.3 is 20.5 Å². The molecule has 0 bridgehead atoms. The lowest BCUT2D eigenvalue weighted by Gasteiger charge is -2.27. The van der Waals surface area contributed by atoms with Crippen molar-refractivity contribution in [1.29, 1.82) is 0 Å². The van der Waals surface area contributed by atoms with Crippen LogP contribution in [0.4, 0.5) is 4.79 Å². The number of ether oxygens (including phenoxy) is 1. The fraction of sp³-hybridized carbons (Fsp3) is 0.550. The number of carboxylic acid groups (broad SMARTS) is 1. The highest BCUT2D eigenvalue weighted by atomic mass is 16.5. The van der Waals surface area contributed by atoms with E-state index in [0.29, 0.717) is 12.8 Å². The molecule has 2 amide bonds. The molecular formula is C20H30N2O5. The lowest BCUT2D eigenvalue weighted by molar-refractivity contribution is -0.143. The number of nitrogens with one attached hydrogen (secondary N) is 2. The number of alkyl carbamates (subject to hydrolysis) is 1. The summed E-state index contributed by atoms with van der Waals surface area (Å²) in [5, 5.41) is 14.5. The van der Waals surface area contributed by atoms with Crippen LogP contribution in [0, 0.1) is 11.8 Å². The van der Waals surface area contributed by atoms with Crippen LogP contribution in [0.15, 0.2) is 30.3 Å². The fourth-order valence-electron chi connectivity index (χ4n) is 2.52. The number of carboxylic acids is 1. The van der Waals surface area contributed by atoms with Crippen LogP contribution >= 0.6 is 0 Å². The zero-order valence-electron chi connectivity index (χ0n) is 16.4. The minimum atomic E-state index is -1.09. The summed E-state index contributed by atoms with van der Waals surface area (Å²) >= 11 is 0. The Bertz CT molecular complexity index is 620. The van der Waals surface area contributed by atoms with Gasteiger partial charge in [0.1, 0.15) is 18.7 Å². The molecule has 3 N–H and O–H groups in total. The van der Waals surface area contributed by atoms with Gasteiger partial charge in [-0.1, -0.05) is 70.9 Å². The Hall–Kier alpha value is -2.57. The third-order valence-electron chi connectivity index (χ3n) is 4.76. The summed E-state index contributed by atoms with van der Waals surface area (Å²) in [5.41, 5.74) is 0.833. The molecule has 1 aromatic carbocycles. The van der Waals surface area contributed by atoms with E-state index in [-0.39, 0.29) is 18.4 Å². The molecule has 0 aliphatic rings. The van der Waals surface area contributed by atoms with E-state index in [1.54, 1.807) is 6.92 Å². The maximum absolute atomic E-state index is 12.6. The van der Waals surface area contributed by atoms with E-state index in [2.05, 4.69) is 10.6 Å². The van der Waals surface area contributed by atoms with Gasteiger partial charge in [-0.15, -0.1) is 0 Å². The van der Waals surface area contributed by atoms with Crippen molar-refractivity contribution in [3.63, 3.8) is 0 Å². The molecule has 0 aliphatic heterocycles. The molecule has 0 radical (unpaired) electrons. The summed E-state index contributed by atoms with van der Waals surface area (Å²) in [6, 6.07) is 7.33. The molecule has 0 heterocycles. The van der Waals surface area contributed by atoms with E-state index in [1.807, 2.05) is 51.1 Å². The van der Waals surface area contributed by atoms with Gasteiger partial charge in [0.2, 0.25) is 5.91 Å². The van der Waals surface area contributed by atoms with Crippen LogP contribution in [-0.4, -0.2) is 35.2 Å². The highest BCUT2D eigenvalue weighted by molar-refractivity contribution is 5.89. The van der Waals surface area contributed by atoms with Crippen molar-refractivity contribution in [3.05, 3.63) is 35.9 Å².